The standard InChI is InChI=1S/C21H20N2O2/c24-20-8-4-7-17-13-18(9-10-19(17)20)25-21(14-23-12-11-22-15-23)16-5-2-1-3-6-16/h1-3,5-6,9-13,15,21H,4,7-8,14H2. The maximum atomic E-state index is 12.0. The van der Waals surface area contributed by atoms with Crippen molar-refractivity contribution in [3.8, 4) is 5.75 Å². The summed E-state index contributed by atoms with van der Waals surface area (Å²) in [5, 5.41) is 0. The number of carbonyl (C=O) groups excluding carboxylic acids is 1. The Morgan fingerprint density at radius 2 is 2.00 bits per heavy atom. The number of nitrogens with zero attached hydrogens (tertiary/aromatic N) is 2. The quantitative estimate of drug-likeness (QED) is 0.702. The largest absolute Gasteiger partial charge is 0.484 e. The van der Waals surface area contributed by atoms with Gasteiger partial charge in [-0.1, -0.05) is 30.3 Å². The van der Waals surface area contributed by atoms with Gasteiger partial charge in [0, 0.05) is 24.4 Å². The van der Waals surface area contributed by atoms with Gasteiger partial charge in [-0.25, -0.2) is 4.98 Å². The van der Waals surface area contributed by atoms with Crippen molar-refractivity contribution in [1.82, 2.24) is 9.55 Å². The predicted molar refractivity (Wildman–Crippen MR) is 95.7 cm³/mol. The van der Waals surface area contributed by atoms with Crippen molar-refractivity contribution in [2.24, 2.45) is 0 Å². The van der Waals surface area contributed by atoms with E-state index in [2.05, 4.69) is 17.1 Å². The van der Waals surface area contributed by atoms with Gasteiger partial charge in [-0.15, -0.1) is 0 Å². The Labute approximate surface area is 147 Å². The highest BCUT2D eigenvalue weighted by Gasteiger charge is 2.19. The Hall–Kier alpha value is -2.88. The number of ether oxygens (including phenoxy) is 1. The SMILES string of the molecule is O=C1CCCc2cc(OC(Cn3ccnc3)c3ccccc3)ccc21. The summed E-state index contributed by atoms with van der Waals surface area (Å²) in [7, 11) is 0. The van der Waals surface area contributed by atoms with Gasteiger partial charge in [-0.2, -0.15) is 0 Å². The van der Waals surface area contributed by atoms with E-state index >= 15 is 0 Å². The van der Waals surface area contributed by atoms with Gasteiger partial charge in [-0.3, -0.25) is 4.79 Å². The van der Waals surface area contributed by atoms with Crippen molar-refractivity contribution < 1.29 is 9.53 Å². The zero-order valence-corrected chi connectivity index (χ0v) is 14.0. The first kappa shape index (κ1) is 15.6. The van der Waals surface area contributed by atoms with E-state index in [1.807, 2.05) is 47.2 Å². The lowest BCUT2D eigenvalue weighted by atomic mass is 9.90. The molecule has 0 amide bonds. The summed E-state index contributed by atoms with van der Waals surface area (Å²) < 4.78 is 8.33. The second-order valence-corrected chi connectivity index (χ2v) is 6.37. The molecule has 1 aliphatic rings. The molecule has 0 radical (unpaired) electrons. The molecule has 0 spiro atoms. The molecular formula is C21H20N2O2. The van der Waals surface area contributed by atoms with Crippen LogP contribution in [0.5, 0.6) is 5.75 Å². The fourth-order valence-corrected chi connectivity index (χ4v) is 3.33. The fourth-order valence-electron chi connectivity index (χ4n) is 3.33. The van der Waals surface area contributed by atoms with E-state index in [0.717, 1.165) is 35.3 Å². The summed E-state index contributed by atoms with van der Waals surface area (Å²) in [5.74, 6) is 1.05. The van der Waals surface area contributed by atoms with Crippen LogP contribution in [0.25, 0.3) is 0 Å². The number of aromatic nitrogens is 2. The zero-order valence-electron chi connectivity index (χ0n) is 14.0. The van der Waals surface area contributed by atoms with E-state index in [0.29, 0.717) is 13.0 Å². The van der Waals surface area contributed by atoms with Crippen molar-refractivity contribution in [1.29, 1.82) is 0 Å². The number of ketones is 1. The molecule has 25 heavy (non-hydrogen) atoms. The average Bonchev–Trinajstić information content (AvgIpc) is 3.15. The number of benzene rings is 2. The van der Waals surface area contributed by atoms with E-state index < -0.39 is 0 Å². The van der Waals surface area contributed by atoms with Crippen LogP contribution in [-0.2, 0) is 13.0 Å². The molecule has 2 aromatic carbocycles. The maximum absolute atomic E-state index is 12.0. The van der Waals surface area contributed by atoms with Crippen LogP contribution in [-0.4, -0.2) is 15.3 Å². The molecule has 0 saturated heterocycles. The highest BCUT2D eigenvalue weighted by atomic mass is 16.5. The molecule has 1 atom stereocenters. The first-order chi connectivity index (χ1) is 12.3. The molecule has 0 N–H and O–H groups in total. The average molecular weight is 332 g/mol. The Balaban J connectivity index is 1.61. The minimum Gasteiger partial charge on any atom is -0.484 e. The van der Waals surface area contributed by atoms with Crippen LogP contribution < -0.4 is 4.74 Å². The zero-order chi connectivity index (χ0) is 17.1. The lowest BCUT2D eigenvalue weighted by Crippen LogP contribution is -2.15. The highest BCUT2D eigenvalue weighted by molar-refractivity contribution is 5.98. The van der Waals surface area contributed by atoms with E-state index in [9.17, 15) is 4.79 Å². The van der Waals surface area contributed by atoms with Crippen molar-refractivity contribution in [3.05, 3.63) is 83.9 Å². The molecule has 1 unspecified atom stereocenters. The van der Waals surface area contributed by atoms with Gasteiger partial charge in [0.25, 0.3) is 0 Å². The molecule has 0 aliphatic heterocycles. The van der Waals surface area contributed by atoms with Gasteiger partial charge in [-0.05, 0) is 42.2 Å². The van der Waals surface area contributed by atoms with Gasteiger partial charge in [0.05, 0.1) is 12.9 Å². The number of rotatable bonds is 5. The van der Waals surface area contributed by atoms with Crippen molar-refractivity contribution in [2.45, 2.75) is 31.9 Å². The third-order valence-electron chi connectivity index (χ3n) is 4.61. The lowest BCUT2D eigenvalue weighted by molar-refractivity contribution is 0.0972. The molecule has 3 aromatic rings. The second-order valence-electron chi connectivity index (χ2n) is 6.37. The number of fused-ring (bicyclic) bond motifs is 1. The van der Waals surface area contributed by atoms with Crippen LogP contribution >= 0.6 is 0 Å². The summed E-state index contributed by atoms with van der Waals surface area (Å²) in [6.45, 7) is 0.681. The Bertz CT molecular complexity index is 857. The van der Waals surface area contributed by atoms with Crippen LogP contribution in [0.4, 0.5) is 0 Å². The summed E-state index contributed by atoms with van der Waals surface area (Å²) in [6.07, 6.45) is 7.90. The maximum Gasteiger partial charge on any atom is 0.163 e. The van der Waals surface area contributed by atoms with Gasteiger partial charge < -0.3 is 9.30 Å². The summed E-state index contributed by atoms with van der Waals surface area (Å²) in [5.41, 5.74) is 3.07. The van der Waals surface area contributed by atoms with Gasteiger partial charge in [0.1, 0.15) is 11.9 Å². The number of imidazole rings is 1. The topological polar surface area (TPSA) is 44.1 Å². The molecule has 0 bridgehead atoms. The van der Waals surface area contributed by atoms with E-state index in [1.54, 1.807) is 12.5 Å². The second kappa shape index (κ2) is 6.93. The molecule has 1 heterocycles. The van der Waals surface area contributed by atoms with Gasteiger partial charge >= 0.3 is 0 Å². The van der Waals surface area contributed by atoms with Crippen LogP contribution in [0.3, 0.4) is 0 Å². The number of hydrogen-bond donors (Lipinski definition) is 0. The molecule has 4 nitrogen and oxygen atoms in total. The monoisotopic (exact) mass is 332 g/mol. The van der Waals surface area contributed by atoms with Crippen LogP contribution in [0.15, 0.2) is 67.3 Å². The van der Waals surface area contributed by atoms with Gasteiger partial charge in [0.2, 0.25) is 0 Å². The first-order valence-corrected chi connectivity index (χ1v) is 8.63. The van der Waals surface area contributed by atoms with E-state index in [1.165, 1.54) is 0 Å². The first-order valence-electron chi connectivity index (χ1n) is 8.63. The van der Waals surface area contributed by atoms with Crippen LogP contribution in [0, 0.1) is 0 Å². The molecule has 0 fully saturated rings. The Morgan fingerprint density at radius 1 is 1.12 bits per heavy atom. The Kier molecular flexibility index (Phi) is 4.34. The van der Waals surface area contributed by atoms with Crippen LogP contribution in [0.2, 0.25) is 0 Å². The minimum absolute atomic E-state index is 0.118. The van der Waals surface area contributed by atoms with Crippen molar-refractivity contribution in [2.75, 3.05) is 0 Å². The third-order valence-corrected chi connectivity index (χ3v) is 4.61. The van der Waals surface area contributed by atoms with E-state index in [-0.39, 0.29) is 11.9 Å². The molecule has 126 valence electrons. The molecule has 1 aliphatic carbocycles. The number of Topliss-reactive ketones (excluding diaryl/α,β-unsaturated/α-hetero) is 1. The fraction of sp³-hybridized carbons (Fsp3) is 0.238. The van der Waals surface area contributed by atoms with Crippen molar-refractivity contribution in [3.63, 3.8) is 0 Å². The van der Waals surface area contributed by atoms with Crippen molar-refractivity contribution >= 4 is 5.78 Å². The smallest absolute Gasteiger partial charge is 0.163 e. The lowest BCUT2D eigenvalue weighted by Gasteiger charge is -2.22. The summed E-state index contributed by atoms with van der Waals surface area (Å²) in [6, 6.07) is 16.0. The van der Waals surface area contributed by atoms with Gasteiger partial charge in [0.15, 0.2) is 5.78 Å². The van der Waals surface area contributed by atoms with Crippen LogP contribution in [0.1, 0.15) is 40.4 Å². The molecular weight excluding hydrogens is 312 g/mol. The summed E-state index contributed by atoms with van der Waals surface area (Å²) in [4.78, 5) is 16.1. The number of hydrogen-bond acceptors (Lipinski definition) is 3. The molecule has 1 aromatic heterocycles. The molecule has 4 heteroatoms. The third kappa shape index (κ3) is 3.48. The molecule has 4 rings (SSSR count). The Morgan fingerprint density at radius 3 is 2.80 bits per heavy atom. The number of carbonyl (C=O) groups is 1. The normalized spacial score (nSPS) is 14.8. The summed E-state index contributed by atoms with van der Waals surface area (Å²) >= 11 is 0. The molecule has 0 saturated carbocycles. The predicted octanol–water partition coefficient (Wildman–Crippen LogP) is 4.22. The minimum atomic E-state index is -0.118. The highest BCUT2D eigenvalue weighted by Crippen LogP contribution is 2.29. The van der Waals surface area contributed by atoms with E-state index in [4.69, 9.17) is 4.74 Å². The number of aryl methyl sites for hydroxylation is 1.